The Bertz CT molecular complexity index is 428. The van der Waals surface area contributed by atoms with Gasteiger partial charge in [0, 0.05) is 23.4 Å². The molecule has 0 saturated carbocycles. The fraction of sp³-hybridized carbons (Fsp3) is 0.364. The van der Waals surface area contributed by atoms with Gasteiger partial charge in [-0.1, -0.05) is 0 Å². The van der Waals surface area contributed by atoms with Crippen LogP contribution in [-0.2, 0) is 0 Å². The van der Waals surface area contributed by atoms with Gasteiger partial charge in [0.1, 0.15) is 6.07 Å². The Morgan fingerprint density at radius 3 is 2.75 bits per heavy atom. The first-order valence-corrected chi connectivity index (χ1v) is 6.12. The molecule has 5 heteroatoms. The van der Waals surface area contributed by atoms with Crippen molar-refractivity contribution >= 4 is 38.9 Å². The van der Waals surface area contributed by atoms with Gasteiger partial charge in [-0.2, -0.15) is 5.26 Å². The minimum atomic E-state index is 0.184. The number of nitrogen functional groups attached to an aromatic ring is 1. The van der Waals surface area contributed by atoms with Crippen molar-refractivity contribution in [2.24, 2.45) is 0 Å². The van der Waals surface area contributed by atoms with Crippen molar-refractivity contribution in [3.8, 4) is 6.07 Å². The number of nitrogens with two attached hydrogens (primary N) is 1. The molecule has 86 valence electrons. The van der Waals surface area contributed by atoms with E-state index >= 15 is 0 Å². The molecule has 3 nitrogen and oxygen atoms in total. The molecule has 0 aliphatic heterocycles. The molecule has 0 fully saturated rings. The molecule has 1 unspecified atom stereocenters. The molecule has 1 atom stereocenters. The van der Waals surface area contributed by atoms with Gasteiger partial charge in [-0.15, -0.1) is 11.6 Å². The lowest BCUT2D eigenvalue weighted by Gasteiger charge is -2.27. The van der Waals surface area contributed by atoms with Gasteiger partial charge in [-0.3, -0.25) is 0 Å². The van der Waals surface area contributed by atoms with Crippen molar-refractivity contribution in [1.82, 2.24) is 0 Å². The maximum atomic E-state index is 8.86. The molecule has 0 heterocycles. The topological polar surface area (TPSA) is 53.0 Å². The molecule has 1 rings (SSSR count). The lowest BCUT2D eigenvalue weighted by molar-refractivity contribution is 0.762. The van der Waals surface area contributed by atoms with Crippen LogP contribution in [0.25, 0.3) is 0 Å². The maximum absolute atomic E-state index is 8.86. The molecule has 2 N–H and O–H groups in total. The van der Waals surface area contributed by atoms with Gasteiger partial charge in [0.15, 0.2) is 0 Å². The third-order valence-electron chi connectivity index (χ3n) is 2.50. The summed E-state index contributed by atoms with van der Waals surface area (Å²) in [5, 5.41) is 8.86. The van der Waals surface area contributed by atoms with Gasteiger partial charge in [0.25, 0.3) is 0 Å². The second-order valence-electron chi connectivity index (χ2n) is 3.62. The van der Waals surface area contributed by atoms with E-state index < -0.39 is 0 Å². The number of rotatable bonds is 3. The first-order valence-electron chi connectivity index (χ1n) is 4.79. The van der Waals surface area contributed by atoms with Gasteiger partial charge >= 0.3 is 0 Å². The quantitative estimate of drug-likeness (QED) is 0.690. The van der Waals surface area contributed by atoms with Gasteiger partial charge in [0.05, 0.1) is 16.9 Å². The molecular formula is C11H13BrClN3. The van der Waals surface area contributed by atoms with E-state index in [0.717, 1.165) is 10.2 Å². The summed E-state index contributed by atoms with van der Waals surface area (Å²) in [7, 11) is 1.93. The van der Waals surface area contributed by atoms with E-state index in [9.17, 15) is 0 Å². The molecule has 0 aromatic heterocycles. The summed E-state index contributed by atoms with van der Waals surface area (Å²) in [6, 6.07) is 5.77. The average molecular weight is 303 g/mol. The van der Waals surface area contributed by atoms with Crippen LogP contribution in [0.5, 0.6) is 0 Å². The monoisotopic (exact) mass is 301 g/mol. The molecule has 1 aromatic carbocycles. The predicted octanol–water partition coefficient (Wildman–Crippen LogP) is 2.97. The molecule has 0 radical (unpaired) electrons. The van der Waals surface area contributed by atoms with Crippen molar-refractivity contribution < 1.29 is 0 Å². The predicted molar refractivity (Wildman–Crippen MR) is 71.9 cm³/mol. The van der Waals surface area contributed by atoms with Crippen molar-refractivity contribution in [2.45, 2.75) is 13.0 Å². The molecular weight excluding hydrogens is 289 g/mol. The molecule has 0 amide bonds. The summed E-state index contributed by atoms with van der Waals surface area (Å²) in [5.41, 5.74) is 7.89. The molecule has 16 heavy (non-hydrogen) atoms. The largest absolute Gasteiger partial charge is 0.397 e. The minimum absolute atomic E-state index is 0.184. The second kappa shape index (κ2) is 5.42. The van der Waals surface area contributed by atoms with Crippen LogP contribution in [0.4, 0.5) is 11.4 Å². The molecule has 0 saturated heterocycles. The van der Waals surface area contributed by atoms with E-state index in [2.05, 4.69) is 22.0 Å². The van der Waals surface area contributed by atoms with Gasteiger partial charge in [-0.05, 0) is 35.0 Å². The summed E-state index contributed by atoms with van der Waals surface area (Å²) < 4.78 is 0.743. The minimum Gasteiger partial charge on any atom is -0.397 e. The average Bonchev–Trinajstić information content (AvgIpc) is 2.29. The lowest BCUT2D eigenvalue weighted by Crippen LogP contribution is -2.30. The van der Waals surface area contributed by atoms with E-state index in [4.69, 9.17) is 22.6 Å². The Morgan fingerprint density at radius 1 is 1.62 bits per heavy atom. The molecule has 0 bridgehead atoms. The number of nitriles is 1. The fourth-order valence-electron chi connectivity index (χ4n) is 1.31. The highest BCUT2D eigenvalue weighted by atomic mass is 79.9. The van der Waals surface area contributed by atoms with Crippen LogP contribution in [0.2, 0.25) is 0 Å². The van der Waals surface area contributed by atoms with E-state index in [1.54, 1.807) is 6.07 Å². The third kappa shape index (κ3) is 2.60. The molecule has 0 aliphatic carbocycles. The number of halogens is 2. The highest BCUT2D eigenvalue weighted by Crippen LogP contribution is 2.30. The summed E-state index contributed by atoms with van der Waals surface area (Å²) in [6.07, 6.45) is 0. The van der Waals surface area contributed by atoms with Crippen LogP contribution >= 0.6 is 27.5 Å². The summed E-state index contributed by atoms with van der Waals surface area (Å²) in [4.78, 5) is 1.99. The smallest absolute Gasteiger partial charge is 0.100 e. The van der Waals surface area contributed by atoms with E-state index in [1.807, 2.05) is 24.9 Å². The Kier molecular flexibility index (Phi) is 4.45. The Balaban J connectivity index is 3.17. The number of anilines is 2. The Labute approximate surface area is 109 Å². The normalized spacial score (nSPS) is 11.9. The molecule has 0 aliphatic rings. The third-order valence-corrected chi connectivity index (χ3v) is 3.60. The highest BCUT2D eigenvalue weighted by Gasteiger charge is 2.13. The van der Waals surface area contributed by atoms with Crippen LogP contribution in [0.1, 0.15) is 12.5 Å². The Hall–Kier alpha value is -0.920. The van der Waals surface area contributed by atoms with E-state index in [0.29, 0.717) is 17.1 Å². The summed E-state index contributed by atoms with van der Waals surface area (Å²) in [6.45, 7) is 2.01. The van der Waals surface area contributed by atoms with Crippen molar-refractivity contribution in [2.75, 3.05) is 23.6 Å². The van der Waals surface area contributed by atoms with Crippen molar-refractivity contribution in [3.63, 3.8) is 0 Å². The number of alkyl halides is 1. The Morgan fingerprint density at radius 2 is 2.25 bits per heavy atom. The van der Waals surface area contributed by atoms with Gasteiger partial charge < -0.3 is 10.6 Å². The zero-order valence-corrected chi connectivity index (χ0v) is 11.5. The SMILES string of the molecule is CC(CCl)N(C)c1cc(Br)c(C#N)cc1N. The fourth-order valence-corrected chi connectivity index (χ4v) is 1.94. The number of hydrogen-bond acceptors (Lipinski definition) is 3. The second-order valence-corrected chi connectivity index (χ2v) is 4.78. The zero-order chi connectivity index (χ0) is 12.3. The number of benzene rings is 1. The summed E-state index contributed by atoms with van der Waals surface area (Å²) in [5.74, 6) is 0.521. The van der Waals surface area contributed by atoms with Crippen molar-refractivity contribution in [1.29, 1.82) is 5.26 Å². The van der Waals surface area contributed by atoms with Crippen molar-refractivity contribution in [3.05, 3.63) is 22.2 Å². The standard InChI is InChI=1S/C11H13BrClN3/c1-7(5-13)16(2)11-4-9(12)8(6-14)3-10(11)15/h3-4,7H,5,15H2,1-2H3. The summed E-state index contributed by atoms with van der Waals surface area (Å²) >= 11 is 9.14. The zero-order valence-electron chi connectivity index (χ0n) is 9.17. The maximum Gasteiger partial charge on any atom is 0.100 e. The number of hydrogen-bond donors (Lipinski definition) is 1. The first kappa shape index (κ1) is 13.1. The van der Waals surface area contributed by atoms with Crippen LogP contribution in [0, 0.1) is 11.3 Å². The molecule has 0 spiro atoms. The van der Waals surface area contributed by atoms with Crippen LogP contribution in [0.15, 0.2) is 16.6 Å². The van der Waals surface area contributed by atoms with Gasteiger partial charge in [-0.25, -0.2) is 0 Å². The number of nitrogens with zero attached hydrogens (tertiary/aromatic N) is 2. The van der Waals surface area contributed by atoms with Crippen LogP contribution in [-0.4, -0.2) is 19.0 Å². The highest BCUT2D eigenvalue weighted by molar-refractivity contribution is 9.10. The van der Waals surface area contributed by atoms with Crippen LogP contribution < -0.4 is 10.6 Å². The van der Waals surface area contributed by atoms with E-state index in [1.165, 1.54) is 0 Å². The first-order chi connectivity index (χ1) is 7.51. The van der Waals surface area contributed by atoms with Crippen LogP contribution in [0.3, 0.4) is 0 Å². The van der Waals surface area contributed by atoms with Gasteiger partial charge in [0.2, 0.25) is 0 Å². The van der Waals surface area contributed by atoms with E-state index in [-0.39, 0.29) is 6.04 Å². The lowest BCUT2D eigenvalue weighted by atomic mass is 10.1. The molecule has 1 aromatic rings.